The number of aryl methyl sites for hydroxylation is 1. The van der Waals surface area contributed by atoms with Crippen molar-refractivity contribution in [2.75, 3.05) is 33.4 Å². The Morgan fingerprint density at radius 3 is 2.74 bits per heavy atom. The monoisotopic (exact) mass is 265 g/mol. The summed E-state index contributed by atoms with van der Waals surface area (Å²) in [6, 6.07) is 0. The molecule has 0 saturated carbocycles. The molecule has 1 amide bonds. The van der Waals surface area contributed by atoms with Crippen LogP contribution in [0.15, 0.2) is 12.4 Å². The molecule has 0 spiro atoms. The summed E-state index contributed by atoms with van der Waals surface area (Å²) in [5.74, 6) is -0.00670. The van der Waals surface area contributed by atoms with E-state index in [9.17, 15) is 4.79 Å². The van der Waals surface area contributed by atoms with E-state index in [1.54, 1.807) is 13.3 Å². The Hall–Kier alpha value is -1.33. The van der Waals surface area contributed by atoms with E-state index >= 15 is 0 Å². The van der Waals surface area contributed by atoms with E-state index in [2.05, 4.69) is 15.6 Å². The number of carbonyl (C=O) groups excluding carboxylic acids is 1. The molecule has 1 aromatic heterocycles. The minimum absolute atomic E-state index is 0.00670. The van der Waals surface area contributed by atoms with E-state index in [-0.39, 0.29) is 11.3 Å². The molecule has 1 saturated heterocycles. The summed E-state index contributed by atoms with van der Waals surface area (Å²) in [7, 11) is 1.72. The summed E-state index contributed by atoms with van der Waals surface area (Å²) < 4.78 is 5.35. The van der Waals surface area contributed by atoms with Gasteiger partial charge in [-0.3, -0.25) is 4.79 Å². The van der Waals surface area contributed by atoms with Crippen molar-refractivity contribution in [3.8, 4) is 0 Å². The number of ether oxygens (including phenoxy) is 1. The normalized spacial score (nSPS) is 18.2. The molecule has 1 fully saturated rings. The van der Waals surface area contributed by atoms with Crippen LogP contribution >= 0.6 is 0 Å². The van der Waals surface area contributed by atoms with Gasteiger partial charge < -0.3 is 20.4 Å². The van der Waals surface area contributed by atoms with Gasteiger partial charge in [-0.15, -0.1) is 0 Å². The number of hydrogen-bond donors (Lipinski definition) is 3. The van der Waals surface area contributed by atoms with Crippen molar-refractivity contribution in [2.24, 2.45) is 5.41 Å². The average molecular weight is 265 g/mol. The molecule has 2 heterocycles. The van der Waals surface area contributed by atoms with E-state index in [1.807, 2.05) is 13.1 Å². The van der Waals surface area contributed by atoms with Gasteiger partial charge in [0, 0.05) is 31.5 Å². The number of hydrogen-bond acceptors (Lipinski definition) is 3. The number of aromatic amines is 1. The summed E-state index contributed by atoms with van der Waals surface area (Å²) in [4.78, 5) is 15.1. The van der Waals surface area contributed by atoms with Gasteiger partial charge in [0.25, 0.3) is 5.91 Å². The van der Waals surface area contributed by atoms with E-state index in [0.29, 0.717) is 13.2 Å². The molecule has 1 aromatic rings. The van der Waals surface area contributed by atoms with E-state index in [1.165, 1.54) is 0 Å². The molecule has 0 bridgehead atoms. The highest BCUT2D eigenvalue weighted by Gasteiger charge is 2.32. The Bertz CT molecular complexity index is 417. The highest BCUT2D eigenvalue weighted by molar-refractivity contribution is 5.95. The van der Waals surface area contributed by atoms with Crippen LogP contribution < -0.4 is 10.6 Å². The molecule has 0 unspecified atom stereocenters. The molecule has 1 aliphatic heterocycles. The first kappa shape index (κ1) is 14.1. The third kappa shape index (κ3) is 3.36. The summed E-state index contributed by atoms with van der Waals surface area (Å²) in [6.45, 7) is 5.28. The summed E-state index contributed by atoms with van der Waals surface area (Å²) in [6.07, 6.45) is 5.65. The lowest BCUT2D eigenvalue weighted by atomic mass is 9.79. The fourth-order valence-electron chi connectivity index (χ4n) is 2.68. The number of nitrogens with one attached hydrogen (secondary N) is 3. The molecular weight excluding hydrogens is 242 g/mol. The van der Waals surface area contributed by atoms with Gasteiger partial charge in [0.2, 0.25) is 0 Å². The standard InChI is InChI=1S/C14H23N3O2/c1-11-7-16-8-12(11)13(18)17-9-14(10-19-2)3-5-15-6-4-14/h7-8,15-16H,3-6,9-10H2,1-2H3,(H,17,18). The lowest BCUT2D eigenvalue weighted by Crippen LogP contribution is -2.47. The smallest absolute Gasteiger partial charge is 0.253 e. The molecule has 5 heteroatoms. The van der Waals surface area contributed by atoms with Crippen LogP contribution in [0.5, 0.6) is 0 Å². The third-order valence-electron chi connectivity index (χ3n) is 3.94. The Morgan fingerprint density at radius 2 is 2.16 bits per heavy atom. The number of rotatable bonds is 5. The molecule has 0 atom stereocenters. The molecule has 0 aliphatic carbocycles. The highest BCUT2D eigenvalue weighted by atomic mass is 16.5. The predicted octanol–water partition coefficient (Wildman–Crippen LogP) is 1.07. The van der Waals surface area contributed by atoms with E-state index in [0.717, 1.165) is 37.1 Å². The maximum absolute atomic E-state index is 12.1. The minimum Gasteiger partial charge on any atom is -0.384 e. The lowest BCUT2D eigenvalue weighted by Gasteiger charge is -2.37. The maximum Gasteiger partial charge on any atom is 0.253 e. The van der Waals surface area contributed by atoms with Crippen molar-refractivity contribution in [1.29, 1.82) is 0 Å². The topological polar surface area (TPSA) is 66.1 Å². The summed E-state index contributed by atoms with van der Waals surface area (Å²) >= 11 is 0. The molecule has 5 nitrogen and oxygen atoms in total. The van der Waals surface area contributed by atoms with Crippen molar-refractivity contribution >= 4 is 5.91 Å². The Balaban J connectivity index is 1.95. The predicted molar refractivity (Wildman–Crippen MR) is 74.3 cm³/mol. The number of carbonyl (C=O) groups is 1. The molecule has 106 valence electrons. The quantitative estimate of drug-likeness (QED) is 0.746. The molecule has 3 N–H and O–H groups in total. The molecule has 1 aliphatic rings. The summed E-state index contributed by atoms with van der Waals surface area (Å²) in [5.41, 5.74) is 1.77. The molecule has 19 heavy (non-hydrogen) atoms. The fourth-order valence-corrected chi connectivity index (χ4v) is 2.68. The number of H-pyrrole nitrogens is 1. The molecular formula is C14H23N3O2. The first-order valence-electron chi connectivity index (χ1n) is 6.78. The Labute approximate surface area is 114 Å². The van der Waals surface area contributed by atoms with Gasteiger partial charge in [-0.2, -0.15) is 0 Å². The number of amides is 1. The van der Waals surface area contributed by atoms with Crippen molar-refractivity contribution in [3.63, 3.8) is 0 Å². The van der Waals surface area contributed by atoms with Crippen LogP contribution in [-0.4, -0.2) is 44.2 Å². The van der Waals surface area contributed by atoms with Crippen LogP contribution in [-0.2, 0) is 4.74 Å². The largest absolute Gasteiger partial charge is 0.384 e. The number of piperidine rings is 1. The fraction of sp³-hybridized carbons (Fsp3) is 0.643. The summed E-state index contributed by atoms with van der Waals surface area (Å²) in [5, 5.41) is 6.40. The number of methoxy groups -OCH3 is 1. The SMILES string of the molecule is COCC1(CNC(=O)c2c[nH]cc2C)CCNCC1. The first-order chi connectivity index (χ1) is 9.17. The first-order valence-corrected chi connectivity index (χ1v) is 6.78. The Morgan fingerprint density at radius 1 is 1.42 bits per heavy atom. The van der Waals surface area contributed by atoms with Crippen LogP contribution in [0.3, 0.4) is 0 Å². The van der Waals surface area contributed by atoms with Gasteiger partial charge in [0.1, 0.15) is 0 Å². The van der Waals surface area contributed by atoms with Crippen molar-refractivity contribution in [1.82, 2.24) is 15.6 Å². The second kappa shape index (κ2) is 6.21. The van der Waals surface area contributed by atoms with Crippen LogP contribution in [0, 0.1) is 12.3 Å². The van der Waals surface area contributed by atoms with Crippen LogP contribution in [0.25, 0.3) is 0 Å². The van der Waals surface area contributed by atoms with Gasteiger partial charge in [0.15, 0.2) is 0 Å². The zero-order valence-corrected chi connectivity index (χ0v) is 11.7. The zero-order valence-electron chi connectivity index (χ0n) is 11.7. The van der Waals surface area contributed by atoms with Gasteiger partial charge in [0.05, 0.1) is 12.2 Å². The molecule has 0 aromatic carbocycles. The zero-order chi connectivity index (χ0) is 13.7. The van der Waals surface area contributed by atoms with Crippen molar-refractivity contribution in [2.45, 2.75) is 19.8 Å². The van der Waals surface area contributed by atoms with Crippen molar-refractivity contribution in [3.05, 3.63) is 23.5 Å². The second-order valence-electron chi connectivity index (χ2n) is 5.42. The third-order valence-corrected chi connectivity index (χ3v) is 3.94. The molecule has 2 rings (SSSR count). The maximum atomic E-state index is 12.1. The lowest BCUT2D eigenvalue weighted by molar-refractivity contribution is 0.0511. The van der Waals surface area contributed by atoms with Gasteiger partial charge in [-0.1, -0.05) is 0 Å². The minimum atomic E-state index is -0.00670. The van der Waals surface area contributed by atoms with Crippen LogP contribution in [0.2, 0.25) is 0 Å². The Kier molecular flexibility index (Phi) is 4.61. The van der Waals surface area contributed by atoms with Gasteiger partial charge >= 0.3 is 0 Å². The average Bonchev–Trinajstić information content (AvgIpc) is 2.84. The van der Waals surface area contributed by atoms with Crippen LogP contribution in [0.1, 0.15) is 28.8 Å². The van der Waals surface area contributed by atoms with Gasteiger partial charge in [-0.25, -0.2) is 0 Å². The highest BCUT2D eigenvalue weighted by Crippen LogP contribution is 2.28. The van der Waals surface area contributed by atoms with E-state index < -0.39 is 0 Å². The van der Waals surface area contributed by atoms with E-state index in [4.69, 9.17) is 4.74 Å². The van der Waals surface area contributed by atoms with Gasteiger partial charge in [-0.05, 0) is 38.4 Å². The van der Waals surface area contributed by atoms with Crippen LogP contribution in [0.4, 0.5) is 0 Å². The second-order valence-corrected chi connectivity index (χ2v) is 5.42. The van der Waals surface area contributed by atoms with Crippen molar-refractivity contribution < 1.29 is 9.53 Å². The number of aromatic nitrogens is 1. The molecule has 0 radical (unpaired) electrons.